The van der Waals surface area contributed by atoms with E-state index < -0.39 is 5.41 Å². The quantitative estimate of drug-likeness (QED) is 0.169. The third-order valence-electron chi connectivity index (χ3n) is 11.8. The molecule has 2 heteroatoms. The van der Waals surface area contributed by atoms with Gasteiger partial charge in [0.05, 0.1) is 11.1 Å². The van der Waals surface area contributed by atoms with Gasteiger partial charge in [0.1, 0.15) is 11.5 Å². The van der Waals surface area contributed by atoms with Gasteiger partial charge in [0.15, 0.2) is 0 Å². The van der Waals surface area contributed by atoms with Crippen molar-refractivity contribution in [1.82, 2.24) is 0 Å². The molecule has 0 fully saturated rings. The second-order valence-electron chi connectivity index (χ2n) is 14.8. The first-order valence-corrected chi connectivity index (χ1v) is 19.6. The van der Waals surface area contributed by atoms with E-state index in [0.29, 0.717) is 0 Å². The van der Waals surface area contributed by atoms with Crippen molar-refractivity contribution in [3.8, 4) is 56.0 Å². The molecule has 1 heterocycles. The van der Waals surface area contributed by atoms with Crippen LogP contribution in [0.3, 0.4) is 0 Å². The molecule has 9 aromatic carbocycles. The molecule has 9 aromatic rings. The second-order valence-corrected chi connectivity index (χ2v) is 14.8. The summed E-state index contributed by atoms with van der Waals surface area (Å²) in [7, 11) is 0. The lowest BCUT2D eigenvalue weighted by atomic mass is 9.65. The summed E-state index contributed by atoms with van der Waals surface area (Å²) in [5, 5.41) is 0. The molecule has 1 atom stereocenters. The van der Waals surface area contributed by atoms with Crippen LogP contribution in [0, 0.1) is 0 Å². The molecular formula is C55H37NO. The van der Waals surface area contributed by atoms with E-state index in [1.165, 1.54) is 38.9 Å². The number of fused-ring (bicyclic) bond motifs is 9. The van der Waals surface area contributed by atoms with Gasteiger partial charge in [-0.3, -0.25) is 0 Å². The SMILES string of the molecule is c1ccc(-c2ccc(N(c3ccc4c(c3)C3(c5ccccc5Oc5c(-c6ccccc6)cccc53)c3ccccc3-4)c3ccccc3-c3ccccc3)cc2)cc1. The van der Waals surface area contributed by atoms with Gasteiger partial charge in [-0.25, -0.2) is 0 Å². The summed E-state index contributed by atoms with van der Waals surface area (Å²) in [6.45, 7) is 0. The van der Waals surface area contributed by atoms with Crippen LogP contribution in [0.4, 0.5) is 17.1 Å². The van der Waals surface area contributed by atoms with E-state index >= 15 is 0 Å². The molecule has 0 aromatic heterocycles. The number of anilines is 3. The number of nitrogens with zero attached hydrogens (tertiary/aromatic N) is 1. The Bertz CT molecular complexity index is 2920. The van der Waals surface area contributed by atoms with Crippen molar-refractivity contribution in [3.63, 3.8) is 0 Å². The van der Waals surface area contributed by atoms with E-state index in [1.54, 1.807) is 0 Å². The fourth-order valence-electron chi connectivity index (χ4n) is 9.29. The van der Waals surface area contributed by atoms with Crippen LogP contribution in [0.25, 0.3) is 44.5 Å². The Morgan fingerprint density at radius 3 is 1.56 bits per heavy atom. The van der Waals surface area contributed by atoms with Crippen LogP contribution >= 0.6 is 0 Å². The molecule has 1 aliphatic carbocycles. The summed E-state index contributed by atoms with van der Waals surface area (Å²) >= 11 is 0. The van der Waals surface area contributed by atoms with Gasteiger partial charge in [0.2, 0.25) is 0 Å². The second kappa shape index (κ2) is 13.4. The fraction of sp³-hybridized carbons (Fsp3) is 0.0182. The largest absolute Gasteiger partial charge is 0.456 e. The molecule has 57 heavy (non-hydrogen) atoms. The molecule has 2 aliphatic rings. The van der Waals surface area contributed by atoms with Crippen LogP contribution < -0.4 is 9.64 Å². The van der Waals surface area contributed by atoms with Crippen LogP contribution in [0.1, 0.15) is 22.3 Å². The highest BCUT2D eigenvalue weighted by molar-refractivity contribution is 5.94. The minimum Gasteiger partial charge on any atom is -0.456 e. The molecule has 2 nitrogen and oxygen atoms in total. The maximum absolute atomic E-state index is 7.00. The zero-order valence-corrected chi connectivity index (χ0v) is 31.2. The standard InChI is InChI=1S/C55H37NO/c1-4-17-38(18-5-1)39-31-33-42(34-32-39)56(52-29-14-11-23-44(52)40-19-6-2-7-20-40)43-35-36-47-46-24-10-12-26-48(46)55(51(47)37-43)49-27-13-15-30-53(49)57-54-45(25-16-28-50(54)55)41-21-8-3-9-22-41/h1-37H. The van der Waals surface area contributed by atoms with Crippen molar-refractivity contribution in [1.29, 1.82) is 0 Å². The highest BCUT2D eigenvalue weighted by atomic mass is 16.5. The maximum atomic E-state index is 7.00. The summed E-state index contributed by atoms with van der Waals surface area (Å²) in [4.78, 5) is 2.43. The molecule has 268 valence electrons. The number of benzene rings is 9. The minimum atomic E-state index is -0.626. The minimum absolute atomic E-state index is 0.626. The van der Waals surface area contributed by atoms with E-state index in [1.807, 2.05) is 0 Å². The average molecular weight is 728 g/mol. The summed E-state index contributed by atoms with van der Waals surface area (Å²) in [6.07, 6.45) is 0. The lowest BCUT2D eigenvalue weighted by molar-refractivity contribution is 0.438. The topological polar surface area (TPSA) is 12.5 Å². The number of hydrogen-bond acceptors (Lipinski definition) is 2. The van der Waals surface area contributed by atoms with Crippen LogP contribution in [-0.4, -0.2) is 0 Å². The molecular weight excluding hydrogens is 691 g/mol. The highest BCUT2D eigenvalue weighted by Gasteiger charge is 2.51. The maximum Gasteiger partial charge on any atom is 0.140 e. The Balaban J connectivity index is 1.19. The Kier molecular flexibility index (Phi) is 7.75. The lowest BCUT2D eigenvalue weighted by Gasteiger charge is -2.40. The first kappa shape index (κ1) is 33.0. The average Bonchev–Trinajstić information content (AvgIpc) is 3.57. The smallest absolute Gasteiger partial charge is 0.140 e. The first-order valence-electron chi connectivity index (χ1n) is 19.6. The molecule has 1 spiro atoms. The molecule has 1 aliphatic heterocycles. The Morgan fingerprint density at radius 1 is 0.316 bits per heavy atom. The van der Waals surface area contributed by atoms with E-state index in [-0.39, 0.29) is 0 Å². The molecule has 1 unspecified atom stereocenters. The van der Waals surface area contributed by atoms with Gasteiger partial charge < -0.3 is 9.64 Å². The van der Waals surface area contributed by atoms with Crippen LogP contribution in [0.15, 0.2) is 224 Å². The molecule has 0 bridgehead atoms. The third kappa shape index (κ3) is 5.18. The van der Waals surface area contributed by atoms with Gasteiger partial charge in [-0.15, -0.1) is 0 Å². The summed E-state index contributed by atoms with van der Waals surface area (Å²) < 4.78 is 7.00. The zero-order valence-electron chi connectivity index (χ0n) is 31.2. The molecule has 0 saturated heterocycles. The molecule has 0 saturated carbocycles. The van der Waals surface area contributed by atoms with Crippen molar-refractivity contribution >= 4 is 17.1 Å². The van der Waals surface area contributed by atoms with Crippen molar-refractivity contribution in [2.75, 3.05) is 4.90 Å². The van der Waals surface area contributed by atoms with E-state index in [9.17, 15) is 0 Å². The number of para-hydroxylation sites is 3. The number of ether oxygens (including phenoxy) is 1. The van der Waals surface area contributed by atoms with Crippen LogP contribution in [-0.2, 0) is 5.41 Å². The van der Waals surface area contributed by atoms with Crippen LogP contribution in [0.2, 0.25) is 0 Å². The Labute approximate surface area is 333 Å². The van der Waals surface area contributed by atoms with Gasteiger partial charge in [-0.05, 0) is 80.9 Å². The Morgan fingerprint density at radius 2 is 0.825 bits per heavy atom. The summed E-state index contributed by atoms with van der Waals surface area (Å²) in [5.41, 5.74) is 16.9. The van der Waals surface area contributed by atoms with Gasteiger partial charge in [0.25, 0.3) is 0 Å². The predicted octanol–water partition coefficient (Wildman–Crippen LogP) is 14.6. The van der Waals surface area contributed by atoms with Crippen molar-refractivity contribution in [3.05, 3.63) is 247 Å². The van der Waals surface area contributed by atoms with Crippen molar-refractivity contribution in [2.45, 2.75) is 5.41 Å². The highest BCUT2D eigenvalue weighted by Crippen LogP contribution is 2.64. The zero-order chi connectivity index (χ0) is 37.8. The number of rotatable bonds is 6. The van der Waals surface area contributed by atoms with Gasteiger partial charge in [0, 0.05) is 33.6 Å². The molecule has 0 N–H and O–H groups in total. The van der Waals surface area contributed by atoms with E-state index in [0.717, 1.165) is 56.4 Å². The molecule has 0 radical (unpaired) electrons. The van der Waals surface area contributed by atoms with Gasteiger partial charge >= 0.3 is 0 Å². The van der Waals surface area contributed by atoms with Gasteiger partial charge in [-0.2, -0.15) is 0 Å². The summed E-state index contributed by atoms with van der Waals surface area (Å²) in [5.74, 6) is 1.78. The third-order valence-corrected chi connectivity index (χ3v) is 11.8. The van der Waals surface area contributed by atoms with E-state index in [2.05, 4.69) is 229 Å². The first-order chi connectivity index (χ1) is 28.3. The van der Waals surface area contributed by atoms with Gasteiger partial charge in [-0.1, -0.05) is 188 Å². The molecule has 0 amide bonds. The number of hydrogen-bond donors (Lipinski definition) is 0. The van der Waals surface area contributed by atoms with Crippen molar-refractivity contribution < 1.29 is 4.74 Å². The lowest BCUT2D eigenvalue weighted by Crippen LogP contribution is -2.32. The van der Waals surface area contributed by atoms with Crippen LogP contribution in [0.5, 0.6) is 11.5 Å². The normalized spacial score (nSPS) is 14.5. The fourth-order valence-corrected chi connectivity index (χ4v) is 9.29. The van der Waals surface area contributed by atoms with Crippen molar-refractivity contribution in [2.24, 2.45) is 0 Å². The van der Waals surface area contributed by atoms with E-state index in [4.69, 9.17) is 4.74 Å². The summed E-state index contributed by atoms with van der Waals surface area (Å²) in [6, 6.07) is 81.0. The predicted molar refractivity (Wildman–Crippen MR) is 235 cm³/mol. The Hall–Kier alpha value is -7.42. The molecule has 11 rings (SSSR count). The monoisotopic (exact) mass is 727 g/mol.